The molecule has 0 radical (unpaired) electrons. The Morgan fingerprint density at radius 2 is 1.50 bits per heavy atom. The van der Waals surface area contributed by atoms with E-state index in [1.807, 2.05) is 32.0 Å². The maximum Gasteiger partial charge on any atom is 0.251 e. The highest BCUT2D eigenvalue weighted by atomic mass is 32.2. The van der Waals surface area contributed by atoms with E-state index in [4.69, 9.17) is 0 Å². The summed E-state index contributed by atoms with van der Waals surface area (Å²) >= 11 is 0. The molecule has 0 saturated heterocycles. The zero-order chi connectivity index (χ0) is 30.7. The van der Waals surface area contributed by atoms with Gasteiger partial charge in [0, 0.05) is 37.8 Å². The second kappa shape index (κ2) is 15.9. The molecule has 7 nitrogen and oxygen atoms in total. The van der Waals surface area contributed by atoms with Crippen LogP contribution in [0, 0.1) is 11.6 Å². The van der Waals surface area contributed by atoms with E-state index < -0.39 is 39.7 Å². The minimum atomic E-state index is -3.71. The van der Waals surface area contributed by atoms with Crippen LogP contribution >= 0.6 is 0 Å². The molecule has 3 rings (SSSR count). The quantitative estimate of drug-likeness (QED) is 0.219. The third-order valence-corrected chi connectivity index (χ3v) is 8.85. The van der Waals surface area contributed by atoms with Crippen molar-refractivity contribution in [2.75, 3.05) is 19.6 Å². The van der Waals surface area contributed by atoms with Crippen molar-refractivity contribution in [2.24, 2.45) is 0 Å². The van der Waals surface area contributed by atoms with Crippen LogP contribution in [0.2, 0.25) is 0 Å². The Morgan fingerprint density at radius 3 is 2.10 bits per heavy atom. The molecule has 3 N–H and O–H groups in total. The molecule has 228 valence electrons. The van der Waals surface area contributed by atoms with Crippen LogP contribution in [0.4, 0.5) is 8.78 Å². The second-order valence-corrected chi connectivity index (χ2v) is 12.3. The molecular weight excluding hydrogens is 560 g/mol. The van der Waals surface area contributed by atoms with Gasteiger partial charge in [0.1, 0.15) is 11.6 Å². The van der Waals surface area contributed by atoms with Gasteiger partial charge in [0.25, 0.3) is 5.91 Å². The van der Waals surface area contributed by atoms with Crippen LogP contribution in [0.1, 0.15) is 60.7 Å². The maximum atomic E-state index is 13.9. The fraction of sp³-hybridized carbons (Fsp3) is 0.406. The third kappa shape index (κ3) is 9.42. The molecule has 0 heterocycles. The fourth-order valence-electron chi connectivity index (χ4n) is 4.76. The summed E-state index contributed by atoms with van der Waals surface area (Å²) in [6.45, 7) is 7.29. The van der Waals surface area contributed by atoms with Gasteiger partial charge in [-0.15, -0.1) is 0 Å². The Hall–Kier alpha value is -3.18. The first-order valence-corrected chi connectivity index (χ1v) is 15.8. The average Bonchev–Trinajstić information content (AvgIpc) is 2.96. The number of aryl methyl sites for hydroxylation is 1. The Labute approximate surface area is 248 Å². The first-order valence-electron chi connectivity index (χ1n) is 14.4. The monoisotopic (exact) mass is 601 g/mol. The molecular formula is C32H41F2N3O4S. The van der Waals surface area contributed by atoms with Crippen LogP contribution in [-0.2, 0) is 29.4 Å². The Kier molecular flexibility index (Phi) is 12.6. The zero-order valence-electron chi connectivity index (χ0n) is 24.4. The van der Waals surface area contributed by atoms with E-state index in [1.54, 1.807) is 0 Å². The number of amides is 1. The highest BCUT2D eigenvalue weighted by Gasteiger charge is 2.25. The van der Waals surface area contributed by atoms with Gasteiger partial charge in [0.05, 0.1) is 17.0 Å². The van der Waals surface area contributed by atoms with Crippen molar-refractivity contribution < 1.29 is 27.1 Å². The average molecular weight is 602 g/mol. The molecule has 0 spiro atoms. The number of nitrogens with one attached hydrogen (secondary N) is 2. The molecule has 3 aromatic rings. The predicted octanol–water partition coefficient (Wildman–Crippen LogP) is 4.83. The van der Waals surface area contributed by atoms with Gasteiger partial charge in [-0.05, 0) is 78.8 Å². The highest BCUT2D eigenvalue weighted by molar-refractivity contribution is 7.89. The lowest BCUT2D eigenvalue weighted by Crippen LogP contribution is -2.48. The Morgan fingerprint density at radius 1 is 0.881 bits per heavy atom. The first kappa shape index (κ1) is 33.3. The lowest BCUT2D eigenvalue weighted by atomic mass is 10.00. The number of rotatable bonds is 16. The molecule has 1 amide bonds. The largest absolute Gasteiger partial charge is 0.390 e. The summed E-state index contributed by atoms with van der Waals surface area (Å²) in [6.07, 6.45) is 1.14. The number of aliphatic hydroxyl groups excluding tert-OH is 1. The van der Waals surface area contributed by atoms with E-state index in [0.29, 0.717) is 32.5 Å². The molecule has 0 fully saturated rings. The fourth-order valence-corrected chi connectivity index (χ4v) is 6.39. The summed E-state index contributed by atoms with van der Waals surface area (Å²) in [5, 5.41) is 17.0. The number of nitrogens with zero attached hydrogens (tertiary/aromatic N) is 1. The minimum absolute atomic E-state index is 0.0238. The summed E-state index contributed by atoms with van der Waals surface area (Å²) < 4.78 is 55.4. The molecule has 0 bridgehead atoms. The highest BCUT2D eigenvalue weighted by Crippen LogP contribution is 2.18. The summed E-state index contributed by atoms with van der Waals surface area (Å²) in [6, 6.07) is 15.9. The van der Waals surface area contributed by atoms with Gasteiger partial charge in [-0.3, -0.25) is 4.79 Å². The molecule has 0 aliphatic heterocycles. The second-order valence-electron chi connectivity index (χ2n) is 10.4. The number of hydrogen-bond donors (Lipinski definition) is 3. The first-order chi connectivity index (χ1) is 20.1. The molecule has 0 aliphatic rings. The van der Waals surface area contributed by atoms with Crippen molar-refractivity contribution in [1.29, 1.82) is 0 Å². The number of sulfonamides is 1. The van der Waals surface area contributed by atoms with Gasteiger partial charge in [-0.2, -0.15) is 4.31 Å². The normalized spacial score (nSPS) is 13.2. The van der Waals surface area contributed by atoms with Gasteiger partial charge in [0.2, 0.25) is 10.0 Å². The molecule has 2 atom stereocenters. The topological polar surface area (TPSA) is 98.7 Å². The molecule has 0 unspecified atom stereocenters. The molecule has 42 heavy (non-hydrogen) atoms. The lowest BCUT2D eigenvalue weighted by Gasteiger charge is -2.25. The number of halogens is 2. The van der Waals surface area contributed by atoms with E-state index in [-0.39, 0.29) is 29.0 Å². The van der Waals surface area contributed by atoms with E-state index >= 15 is 0 Å². The number of aliphatic hydroxyl groups is 1. The molecule has 0 aliphatic carbocycles. The summed E-state index contributed by atoms with van der Waals surface area (Å²) in [4.78, 5) is 13.3. The van der Waals surface area contributed by atoms with Crippen molar-refractivity contribution in [1.82, 2.24) is 14.9 Å². The molecule has 0 aromatic heterocycles. The summed E-state index contributed by atoms with van der Waals surface area (Å²) in [5.41, 5.74) is 2.70. The number of carbonyl (C=O) groups excluding carboxylic acids is 1. The third-order valence-electron chi connectivity index (χ3n) is 6.94. The van der Waals surface area contributed by atoms with Gasteiger partial charge in [-0.25, -0.2) is 17.2 Å². The molecule has 10 heteroatoms. The van der Waals surface area contributed by atoms with Crippen molar-refractivity contribution in [2.45, 2.75) is 70.0 Å². The summed E-state index contributed by atoms with van der Waals surface area (Å²) in [7, 11) is -3.71. The van der Waals surface area contributed by atoms with Gasteiger partial charge in [0.15, 0.2) is 0 Å². The van der Waals surface area contributed by atoms with Crippen LogP contribution in [0.25, 0.3) is 0 Å². The smallest absolute Gasteiger partial charge is 0.251 e. The standard InChI is InChI=1S/C32H41F2N3O4S/c1-4-14-37(15-5-2)42(40,41)29-12-10-26(11-13-29)32(39)36-30(19-25-17-27(33)20-28(34)18-25)31(38)22-35-21-24-9-7-8-23(6-3)16-24/h7-13,16-18,20,30-31,35,38H,4-6,14-15,19,21-22H2,1-3H3,(H,36,39)/t30-,31+/m0/s1. The van der Waals surface area contributed by atoms with Gasteiger partial charge >= 0.3 is 0 Å². The minimum Gasteiger partial charge on any atom is -0.390 e. The van der Waals surface area contributed by atoms with Crippen LogP contribution in [0.3, 0.4) is 0 Å². The SMILES string of the molecule is CCCN(CCC)S(=O)(=O)c1ccc(C(=O)N[C@@H](Cc2cc(F)cc(F)c2)[C@H](O)CNCc2cccc(CC)c2)cc1. The zero-order valence-corrected chi connectivity index (χ0v) is 25.3. The van der Waals surface area contributed by atoms with Gasteiger partial charge < -0.3 is 15.7 Å². The molecule has 3 aromatic carbocycles. The molecule has 0 saturated carbocycles. The van der Waals surface area contributed by atoms with E-state index in [9.17, 15) is 27.1 Å². The Balaban J connectivity index is 1.75. The summed E-state index contributed by atoms with van der Waals surface area (Å²) in [5.74, 6) is -2.06. The van der Waals surface area contributed by atoms with Crippen LogP contribution in [-0.4, -0.2) is 55.5 Å². The maximum absolute atomic E-state index is 13.9. The van der Waals surface area contributed by atoms with Gasteiger partial charge in [-0.1, -0.05) is 45.0 Å². The van der Waals surface area contributed by atoms with Crippen molar-refractivity contribution in [3.8, 4) is 0 Å². The van der Waals surface area contributed by atoms with Crippen LogP contribution in [0.5, 0.6) is 0 Å². The number of hydrogen-bond acceptors (Lipinski definition) is 5. The van der Waals surface area contributed by atoms with Crippen molar-refractivity contribution in [3.63, 3.8) is 0 Å². The van der Waals surface area contributed by atoms with Crippen molar-refractivity contribution in [3.05, 3.63) is 101 Å². The van der Waals surface area contributed by atoms with E-state index in [1.165, 1.54) is 34.1 Å². The lowest BCUT2D eigenvalue weighted by molar-refractivity contribution is 0.0829. The van der Waals surface area contributed by atoms with E-state index in [2.05, 4.69) is 23.6 Å². The van der Waals surface area contributed by atoms with Crippen LogP contribution < -0.4 is 10.6 Å². The Bertz CT molecular complexity index is 1390. The van der Waals surface area contributed by atoms with Crippen molar-refractivity contribution >= 4 is 15.9 Å². The van der Waals surface area contributed by atoms with Crippen LogP contribution in [0.15, 0.2) is 71.6 Å². The predicted molar refractivity (Wildman–Crippen MR) is 161 cm³/mol. The number of benzene rings is 3. The number of carbonyl (C=O) groups is 1. The van der Waals surface area contributed by atoms with E-state index in [0.717, 1.165) is 30.2 Å².